The molecule has 0 bridgehead atoms. The molecule has 0 unspecified atom stereocenters. The third-order valence-electron chi connectivity index (χ3n) is 15.9. The summed E-state index contributed by atoms with van der Waals surface area (Å²) >= 11 is 0. The molecule has 20 nitrogen and oxygen atoms in total. The van der Waals surface area contributed by atoms with Crippen LogP contribution in [-0.2, 0) is 130 Å². The van der Waals surface area contributed by atoms with Gasteiger partial charge in [-0.1, -0.05) is 202 Å². The second-order valence-corrected chi connectivity index (χ2v) is 30.4. The summed E-state index contributed by atoms with van der Waals surface area (Å²) in [4.78, 5) is 52.4. The number of benzene rings is 6. The van der Waals surface area contributed by atoms with Crippen LogP contribution in [0.5, 0.6) is 0 Å². The van der Waals surface area contributed by atoms with Crippen LogP contribution in [0.25, 0.3) is 0 Å². The van der Waals surface area contributed by atoms with Crippen LogP contribution in [0.2, 0.25) is 25.7 Å². The first kappa shape index (κ1) is 71.2. The van der Waals surface area contributed by atoms with Gasteiger partial charge < -0.3 is 76.4 Å². The van der Waals surface area contributed by atoms with Gasteiger partial charge in [-0.15, -0.1) is 0 Å². The molecule has 15 atom stereocenters. The third kappa shape index (κ3) is 22.0. The molecule has 0 aliphatic carbocycles. The van der Waals surface area contributed by atoms with Gasteiger partial charge in [0.15, 0.2) is 31.1 Å². The molecule has 6 aromatic carbocycles. The van der Waals surface area contributed by atoms with Crippen LogP contribution in [-0.4, -0.2) is 150 Å². The number of carbonyl (C=O) groups is 4. The Kier molecular flexibility index (Phi) is 27.4. The molecule has 0 spiro atoms. The van der Waals surface area contributed by atoms with Crippen molar-refractivity contribution in [3.8, 4) is 0 Å². The molecular formula is C73H89NO19Si. The topological polar surface area (TPSA) is 219 Å². The Bertz CT molecular complexity index is 3210. The summed E-state index contributed by atoms with van der Waals surface area (Å²) < 4.78 is 103. The van der Waals surface area contributed by atoms with Gasteiger partial charge >= 0.3 is 17.9 Å². The van der Waals surface area contributed by atoms with Gasteiger partial charge in [-0.25, -0.2) is 0 Å². The van der Waals surface area contributed by atoms with Crippen LogP contribution in [0.3, 0.4) is 0 Å². The average Bonchev–Trinajstić information content (AvgIpc) is 0.863. The Morgan fingerprint density at radius 3 is 1.16 bits per heavy atom. The van der Waals surface area contributed by atoms with Crippen molar-refractivity contribution in [1.29, 1.82) is 0 Å². The quantitative estimate of drug-likeness (QED) is 0.0230. The standard InChI is InChI=1S/C73H89NO19Si/c1-49(75)74-62-66(88-52(4)78)64(87-51(3)77)61(48-82-50(2)76)89-71(62)93-68-63(83-42-55-30-18-10-19-31-55)59(46-79-40-53-26-14-8-15-27-53)91-73(70(68)86-45-58-36-24-13-25-37-58)92-65-60(47-80-41-54-28-16-9-17-29-54)90-72(81-38-39-94(5,6)7)69(85-44-57-34-22-12-23-35-57)67(65)84-43-56-32-20-11-21-33-56/h8-37,59-73H,38-48H2,1-7H3,(H,74,75)/t59-,60-,61-,62-,63+,64-,65-,66-,67+,68+,69-,70-,71+,72-,73+/m1/s1. The number of rotatable bonds is 33. The number of nitrogens with one attached hydrogen (secondary N) is 1. The van der Waals surface area contributed by atoms with Crippen LogP contribution in [0, 0.1) is 0 Å². The highest BCUT2D eigenvalue weighted by atomic mass is 28.3. The molecule has 1 amide bonds. The highest BCUT2D eigenvalue weighted by molar-refractivity contribution is 6.76. The first-order chi connectivity index (χ1) is 45.5. The van der Waals surface area contributed by atoms with E-state index in [1.54, 1.807) is 0 Å². The molecular weight excluding hydrogens is 1220 g/mol. The summed E-state index contributed by atoms with van der Waals surface area (Å²) in [5.41, 5.74) is 5.15. The van der Waals surface area contributed by atoms with Crippen LogP contribution < -0.4 is 5.32 Å². The van der Waals surface area contributed by atoms with Crippen molar-refractivity contribution in [2.75, 3.05) is 26.4 Å². The Balaban J connectivity index is 1.21. The van der Waals surface area contributed by atoms with E-state index < -0.39 is 131 Å². The monoisotopic (exact) mass is 1310 g/mol. The average molecular weight is 1310 g/mol. The van der Waals surface area contributed by atoms with Crippen molar-refractivity contribution in [2.24, 2.45) is 0 Å². The second-order valence-electron chi connectivity index (χ2n) is 24.7. The van der Waals surface area contributed by atoms with Crippen LogP contribution >= 0.6 is 0 Å². The lowest BCUT2D eigenvalue weighted by molar-refractivity contribution is -0.388. The fourth-order valence-corrected chi connectivity index (χ4v) is 12.1. The summed E-state index contributed by atoms with van der Waals surface area (Å²) in [6.45, 7) is 12.0. The Morgan fingerprint density at radius 2 is 0.734 bits per heavy atom. The van der Waals surface area contributed by atoms with Crippen molar-refractivity contribution in [1.82, 2.24) is 5.32 Å². The van der Waals surface area contributed by atoms with Crippen LogP contribution in [0.15, 0.2) is 182 Å². The zero-order valence-corrected chi connectivity index (χ0v) is 55.5. The van der Waals surface area contributed by atoms with E-state index in [9.17, 15) is 19.2 Å². The Morgan fingerprint density at radius 1 is 0.372 bits per heavy atom. The predicted molar refractivity (Wildman–Crippen MR) is 347 cm³/mol. The molecule has 6 aromatic rings. The van der Waals surface area contributed by atoms with Crippen LogP contribution in [0.4, 0.5) is 0 Å². The second kappa shape index (κ2) is 36.2. The molecule has 3 saturated heterocycles. The number of esters is 3. The fourth-order valence-electron chi connectivity index (χ4n) is 11.3. The zero-order chi connectivity index (χ0) is 66.2. The van der Waals surface area contributed by atoms with E-state index in [0.29, 0.717) is 6.61 Å². The number of amides is 1. The minimum Gasteiger partial charge on any atom is -0.463 e. The summed E-state index contributed by atoms with van der Waals surface area (Å²) in [5, 5.41) is 2.87. The number of ether oxygens (including phenoxy) is 15. The maximum absolute atomic E-state index is 13.6. The van der Waals surface area contributed by atoms with Gasteiger partial charge in [0.1, 0.15) is 67.6 Å². The molecule has 3 heterocycles. The largest absolute Gasteiger partial charge is 0.463 e. The van der Waals surface area contributed by atoms with E-state index in [4.69, 9.17) is 71.1 Å². The first-order valence-corrected chi connectivity index (χ1v) is 35.7. The molecule has 0 saturated carbocycles. The van der Waals surface area contributed by atoms with Gasteiger partial charge in [-0.2, -0.15) is 0 Å². The van der Waals surface area contributed by atoms with Crippen molar-refractivity contribution in [3.63, 3.8) is 0 Å². The minimum atomic E-state index is -1.66. The predicted octanol–water partition coefficient (Wildman–Crippen LogP) is 9.99. The molecule has 0 radical (unpaired) electrons. The van der Waals surface area contributed by atoms with E-state index in [0.717, 1.165) is 39.4 Å². The van der Waals surface area contributed by atoms with Gasteiger partial charge in [-0.05, 0) is 39.4 Å². The summed E-state index contributed by atoms with van der Waals surface area (Å²) in [7, 11) is -1.66. The molecule has 9 rings (SSSR count). The Hall–Kier alpha value is -7.06. The van der Waals surface area contributed by atoms with Gasteiger partial charge in [0.25, 0.3) is 0 Å². The molecule has 94 heavy (non-hydrogen) atoms. The summed E-state index contributed by atoms with van der Waals surface area (Å²) in [5.74, 6) is -2.83. The van der Waals surface area contributed by atoms with Crippen molar-refractivity contribution >= 4 is 31.9 Å². The Labute approximate surface area is 551 Å². The van der Waals surface area contributed by atoms with Gasteiger partial charge in [0, 0.05) is 42.4 Å². The lowest BCUT2D eigenvalue weighted by atomic mass is 9.94. The van der Waals surface area contributed by atoms with E-state index in [2.05, 4.69) is 25.0 Å². The SMILES string of the molecule is CC(=O)N[C@H]1[C@H](O[C@H]2[C@@H](OCc3ccccc3)[C@@H](COCc3ccccc3)O[C@@H](O[C@H]3[C@H](OCc4ccccc4)[C@@H](OCc4ccccc4)[C@H](OCC[Si](C)(C)C)O[C@@H]3COCc3ccccc3)[C@@H]2OCc2ccccc2)O[C@H](COC(C)=O)[C@@H](OC(C)=O)[C@@H]1OC(C)=O. The maximum atomic E-state index is 13.6. The van der Waals surface area contributed by atoms with Gasteiger partial charge in [0.05, 0.1) is 52.9 Å². The van der Waals surface area contributed by atoms with Crippen molar-refractivity contribution in [3.05, 3.63) is 215 Å². The van der Waals surface area contributed by atoms with Crippen molar-refractivity contribution in [2.45, 2.75) is 185 Å². The smallest absolute Gasteiger partial charge is 0.303 e. The number of hydrogen-bond donors (Lipinski definition) is 1. The van der Waals surface area contributed by atoms with Crippen LogP contribution in [0.1, 0.15) is 61.1 Å². The highest BCUT2D eigenvalue weighted by Gasteiger charge is 2.58. The number of carbonyl (C=O) groups excluding carboxylic acids is 4. The molecule has 3 aliphatic heterocycles. The van der Waals surface area contributed by atoms with Gasteiger partial charge in [-0.3, -0.25) is 19.2 Å². The molecule has 504 valence electrons. The third-order valence-corrected chi connectivity index (χ3v) is 17.6. The fraction of sp³-hybridized carbons (Fsp3) is 0.452. The lowest BCUT2D eigenvalue weighted by Crippen LogP contribution is -2.70. The normalized spacial score (nSPS) is 26.2. The van der Waals surface area contributed by atoms with Crippen molar-refractivity contribution < 1.29 is 90.2 Å². The molecule has 3 aliphatic rings. The first-order valence-electron chi connectivity index (χ1n) is 32.0. The summed E-state index contributed by atoms with van der Waals surface area (Å²) in [6.07, 6.45) is -17.2. The molecule has 3 fully saturated rings. The maximum Gasteiger partial charge on any atom is 0.303 e. The number of hydrogen-bond acceptors (Lipinski definition) is 19. The van der Waals surface area contributed by atoms with E-state index in [1.807, 2.05) is 182 Å². The zero-order valence-electron chi connectivity index (χ0n) is 54.5. The minimum absolute atomic E-state index is 0.0212. The van der Waals surface area contributed by atoms with E-state index in [-0.39, 0.29) is 52.9 Å². The van der Waals surface area contributed by atoms with E-state index >= 15 is 0 Å². The summed E-state index contributed by atoms with van der Waals surface area (Å²) in [6, 6.07) is 57.5. The molecule has 1 N–H and O–H groups in total. The molecule has 0 aromatic heterocycles. The molecule has 21 heteroatoms. The van der Waals surface area contributed by atoms with Gasteiger partial charge in [0.2, 0.25) is 5.91 Å². The highest BCUT2D eigenvalue weighted by Crippen LogP contribution is 2.39. The van der Waals surface area contributed by atoms with E-state index in [1.165, 1.54) is 27.7 Å². The lowest BCUT2D eigenvalue weighted by Gasteiger charge is -2.51.